The second-order valence-electron chi connectivity index (χ2n) is 5.55. The third kappa shape index (κ3) is 4.18. The summed E-state index contributed by atoms with van der Waals surface area (Å²) < 4.78 is 2.11. The summed E-state index contributed by atoms with van der Waals surface area (Å²) >= 11 is 0. The summed E-state index contributed by atoms with van der Waals surface area (Å²) in [5, 5.41) is 3.71. The molecule has 0 spiro atoms. The normalized spacial score (nSPS) is 12.5. The monoisotopic (exact) mass is 285 g/mol. The molecule has 0 amide bonds. The molecule has 0 bridgehead atoms. The smallest absolute Gasteiger partial charge is 0.108 e. The Labute approximate surface area is 128 Å². The number of rotatable bonds is 8. The first-order chi connectivity index (χ1) is 10.3. The van der Waals surface area contributed by atoms with Gasteiger partial charge >= 0.3 is 0 Å². The van der Waals surface area contributed by atoms with Gasteiger partial charge in [0.2, 0.25) is 0 Å². The number of hydrogen-bond acceptors (Lipinski definition) is 2. The van der Waals surface area contributed by atoms with Gasteiger partial charge in [-0.15, -0.1) is 0 Å². The highest BCUT2D eigenvalue weighted by atomic mass is 15.0. The fourth-order valence-corrected chi connectivity index (χ4v) is 2.79. The standard InChI is InChI=1S/C18H27N3/c1-4-12-19-17(10-11-18-20-13-14-21(18)3)16-9-7-6-8-15(16)5-2/h6-9,13-14,17,19H,4-5,10-12H2,1-3H3. The maximum absolute atomic E-state index is 4.44. The number of hydrogen-bond donors (Lipinski definition) is 1. The van der Waals surface area contributed by atoms with E-state index in [4.69, 9.17) is 0 Å². The molecule has 2 rings (SSSR count). The first-order valence-electron chi connectivity index (χ1n) is 8.03. The van der Waals surface area contributed by atoms with Crippen LogP contribution in [-0.2, 0) is 19.9 Å². The van der Waals surface area contributed by atoms with Gasteiger partial charge in [0.05, 0.1) is 0 Å². The minimum absolute atomic E-state index is 0.415. The summed E-state index contributed by atoms with van der Waals surface area (Å²) in [5.41, 5.74) is 2.90. The molecule has 0 fully saturated rings. The van der Waals surface area contributed by atoms with E-state index < -0.39 is 0 Å². The first kappa shape index (κ1) is 15.8. The Morgan fingerprint density at radius 1 is 1.24 bits per heavy atom. The minimum Gasteiger partial charge on any atom is -0.338 e. The van der Waals surface area contributed by atoms with Crippen LogP contribution in [0.15, 0.2) is 36.7 Å². The van der Waals surface area contributed by atoms with Gasteiger partial charge in [-0.25, -0.2) is 4.98 Å². The van der Waals surface area contributed by atoms with Crippen molar-refractivity contribution in [1.82, 2.24) is 14.9 Å². The number of nitrogens with zero attached hydrogens (tertiary/aromatic N) is 2. The zero-order chi connectivity index (χ0) is 15.1. The predicted molar refractivity (Wildman–Crippen MR) is 88.4 cm³/mol. The van der Waals surface area contributed by atoms with Crippen molar-refractivity contribution < 1.29 is 0 Å². The molecule has 0 aliphatic carbocycles. The molecule has 3 heteroatoms. The number of nitrogens with one attached hydrogen (secondary N) is 1. The molecule has 0 saturated heterocycles. The average molecular weight is 285 g/mol. The number of imidazole rings is 1. The largest absolute Gasteiger partial charge is 0.338 e. The van der Waals surface area contributed by atoms with E-state index >= 15 is 0 Å². The maximum atomic E-state index is 4.44. The van der Waals surface area contributed by atoms with Crippen molar-refractivity contribution in [2.24, 2.45) is 7.05 Å². The summed E-state index contributed by atoms with van der Waals surface area (Å²) in [5.74, 6) is 1.16. The minimum atomic E-state index is 0.415. The molecule has 1 unspecified atom stereocenters. The molecule has 2 aromatic rings. The van der Waals surface area contributed by atoms with E-state index in [2.05, 4.69) is 60.0 Å². The SMILES string of the molecule is CCCNC(CCc1nccn1C)c1ccccc1CC. The van der Waals surface area contributed by atoms with Gasteiger partial charge in [-0.2, -0.15) is 0 Å². The number of aromatic nitrogens is 2. The third-order valence-corrected chi connectivity index (χ3v) is 4.03. The van der Waals surface area contributed by atoms with Crippen LogP contribution in [0.5, 0.6) is 0 Å². The van der Waals surface area contributed by atoms with Crippen LogP contribution in [0.1, 0.15) is 49.7 Å². The Morgan fingerprint density at radius 3 is 2.71 bits per heavy atom. The Balaban J connectivity index is 2.12. The van der Waals surface area contributed by atoms with Crippen molar-refractivity contribution in [2.75, 3.05) is 6.54 Å². The molecule has 1 aromatic carbocycles. The fraction of sp³-hybridized carbons (Fsp3) is 0.500. The van der Waals surface area contributed by atoms with E-state index in [-0.39, 0.29) is 0 Å². The number of benzene rings is 1. The molecule has 0 radical (unpaired) electrons. The summed E-state index contributed by atoms with van der Waals surface area (Å²) in [4.78, 5) is 4.44. The molecule has 1 aromatic heterocycles. The quantitative estimate of drug-likeness (QED) is 0.802. The lowest BCUT2D eigenvalue weighted by atomic mass is 9.95. The predicted octanol–water partition coefficient (Wildman–Crippen LogP) is 3.66. The van der Waals surface area contributed by atoms with Gasteiger partial charge in [0.25, 0.3) is 0 Å². The fourth-order valence-electron chi connectivity index (χ4n) is 2.79. The highest BCUT2D eigenvalue weighted by molar-refractivity contribution is 5.30. The van der Waals surface area contributed by atoms with Crippen LogP contribution in [0.25, 0.3) is 0 Å². The molecule has 114 valence electrons. The molecular formula is C18H27N3. The highest BCUT2D eigenvalue weighted by Gasteiger charge is 2.14. The lowest BCUT2D eigenvalue weighted by Crippen LogP contribution is -2.24. The second kappa shape index (κ2) is 7.99. The lowest BCUT2D eigenvalue weighted by molar-refractivity contribution is 0.488. The van der Waals surface area contributed by atoms with Crippen molar-refractivity contribution >= 4 is 0 Å². The Bertz CT molecular complexity index is 545. The lowest BCUT2D eigenvalue weighted by Gasteiger charge is -2.21. The van der Waals surface area contributed by atoms with Crippen LogP contribution in [0.3, 0.4) is 0 Å². The van der Waals surface area contributed by atoms with Gasteiger partial charge in [0.1, 0.15) is 5.82 Å². The van der Waals surface area contributed by atoms with E-state index in [1.54, 1.807) is 0 Å². The van der Waals surface area contributed by atoms with E-state index in [1.807, 2.05) is 12.4 Å². The molecule has 1 atom stereocenters. The van der Waals surface area contributed by atoms with Crippen molar-refractivity contribution in [3.8, 4) is 0 Å². The summed E-state index contributed by atoms with van der Waals surface area (Å²) in [6, 6.07) is 9.22. The molecule has 1 N–H and O–H groups in total. The van der Waals surface area contributed by atoms with Crippen LogP contribution in [0.2, 0.25) is 0 Å². The van der Waals surface area contributed by atoms with E-state index in [0.717, 1.165) is 38.1 Å². The van der Waals surface area contributed by atoms with Gasteiger partial charge in [-0.1, -0.05) is 38.1 Å². The summed E-state index contributed by atoms with van der Waals surface area (Å²) in [6.45, 7) is 5.51. The van der Waals surface area contributed by atoms with Gasteiger partial charge in [-0.3, -0.25) is 0 Å². The Hall–Kier alpha value is -1.61. The maximum Gasteiger partial charge on any atom is 0.108 e. The number of aryl methyl sites for hydroxylation is 3. The van der Waals surface area contributed by atoms with Crippen molar-refractivity contribution in [3.63, 3.8) is 0 Å². The Kier molecular flexibility index (Phi) is 6.00. The second-order valence-corrected chi connectivity index (χ2v) is 5.55. The van der Waals surface area contributed by atoms with Crippen molar-refractivity contribution in [3.05, 3.63) is 53.6 Å². The molecule has 0 aliphatic heterocycles. The van der Waals surface area contributed by atoms with E-state index in [9.17, 15) is 0 Å². The third-order valence-electron chi connectivity index (χ3n) is 4.03. The average Bonchev–Trinajstić information content (AvgIpc) is 2.93. The van der Waals surface area contributed by atoms with Crippen LogP contribution in [-0.4, -0.2) is 16.1 Å². The molecule has 21 heavy (non-hydrogen) atoms. The first-order valence-corrected chi connectivity index (χ1v) is 8.03. The molecule has 1 heterocycles. The van der Waals surface area contributed by atoms with Gasteiger partial charge < -0.3 is 9.88 Å². The van der Waals surface area contributed by atoms with Crippen LogP contribution < -0.4 is 5.32 Å². The van der Waals surface area contributed by atoms with E-state index in [0.29, 0.717) is 6.04 Å². The molecule has 3 nitrogen and oxygen atoms in total. The topological polar surface area (TPSA) is 29.9 Å². The van der Waals surface area contributed by atoms with Crippen LogP contribution in [0, 0.1) is 0 Å². The van der Waals surface area contributed by atoms with Crippen molar-refractivity contribution in [1.29, 1.82) is 0 Å². The van der Waals surface area contributed by atoms with E-state index in [1.165, 1.54) is 11.1 Å². The summed E-state index contributed by atoms with van der Waals surface area (Å²) in [6.07, 6.45) is 8.23. The van der Waals surface area contributed by atoms with Crippen molar-refractivity contribution in [2.45, 2.75) is 45.6 Å². The molecule has 0 saturated carbocycles. The Morgan fingerprint density at radius 2 is 2.05 bits per heavy atom. The van der Waals surface area contributed by atoms with Crippen LogP contribution >= 0.6 is 0 Å². The van der Waals surface area contributed by atoms with Gasteiger partial charge in [0, 0.05) is 31.9 Å². The van der Waals surface area contributed by atoms with Gasteiger partial charge in [-0.05, 0) is 36.9 Å². The van der Waals surface area contributed by atoms with Gasteiger partial charge in [0.15, 0.2) is 0 Å². The highest BCUT2D eigenvalue weighted by Crippen LogP contribution is 2.23. The zero-order valence-electron chi connectivity index (χ0n) is 13.5. The molecular weight excluding hydrogens is 258 g/mol. The zero-order valence-corrected chi connectivity index (χ0v) is 13.5. The summed E-state index contributed by atoms with van der Waals surface area (Å²) in [7, 11) is 2.07. The van der Waals surface area contributed by atoms with Crippen LogP contribution in [0.4, 0.5) is 0 Å². The molecule has 0 aliphatic rings.